The molecule has 188 valence electrons. The van der Waals surface area contributed by atoms with Crippen LogP contribution in [0.15, 0.2) is 73.3 Å². The molecule has 4 rings (SSSR count). The van der Waals surface area contributed by atoms with E-state index in [0.29, 0.717) is 6.61 Å². The molecule has 2 fully saturated rings. The van der Waals surface area contributed by atoms with Crippen LogP contribution in [-0.4, -0.2) is 52.3 Å². The van der Waals surface area contributed by atoms with Crippen LogP contribution < -0.4 is 0 Å². The molecule has 0 aromatic heterocycles. The Balaban J connectivity index is 1.38. The van der Waals surface area contributed by atoms with Gasteiger partial charge in [0.1, 0.15) is 5.60 Å². The summed E-state index contributed by atoms with van der Waals surface area (Å²) in [7, 11) is 0. The topological polar surface area (TPSA) is 42.0 Å². The highest BCUT2D eigenvalue weighted by Crippen LogP contribution is 2.43. The van der Waals surface area contributed by atoms with Crippen LogP contribution in [0.2, 0.25) is 0 Å². The predicted octanol–water partition coefficient (Wildman–Crippen LogP) is 6.19. The van der Waals surface area contributed by atoms with Gasteiger partial charge in [0.05, 0.1) is 12.2 Å². The first-order valence-electron chi connectivity index (χ1n) is 12.9. The molecule has 35 heavy (non-hydrogen) atoms. The molecule has 0 radical (unpaired) electrons. The monoisotopic (exact) mass is 476 g/mol. The van der Waals surface area contributed by atoms with E-state index in [0.717, 1.165) is 45.3 Å². The van der Waals surface area contributed by atoms with Crippen molar-refractivity contribution in [3.63, 3.8) is 0 Å². The van der Waals surface area contributed by atoms with Crippen LogP contribution in [0.1, 0.15) is 57.6 Å². The van der Waals surface area contributed by atoms with E-state index >= 15 is 0 Å². The number of ether oxygens (including phenoxy) is 2. The Morgan fingerprint density at radius 2 is 1.51 bits per heavy atom. The van der Waals surface area contributed by atoms with Crippen LogP contribution in [0.3, 0.4) is 0 Å². The van der Waals surface area contributed by atoms with Crippen molar-refractivity contribution in [3.8, 4) is 0 Å². The van der Waals surface area contributed by atoms with E-state index in [2.05, 4.69) is 72.1 Å². The number of fused-ring (bicyclic) bond motifs is 2. The number of rotatable bonds is 9. The number of benzene rings is 2. The van der Waals surface area contributed by atoms with E-state index in [4.69, 9.17) is 9.47 Å². The summed E-state index contributed by atoms with van der Waals surface area (Å²) in [5, 5.41) is 0. The maximum Gasteiger partial charge on any atom is 0.410 e. The lowest BCUT2D eigenvalue weighted by molar-refractivity contribution is -0.0791. The van der Waals surface area contributed by atoms with Crippen molar-refractivity contribution in [1.29, 1.82) is 0 Å². The summed E-state index contributed by atoms with van der Waals surface area (Å²) in [4.78, 5) is 17.3. The van der Waals surface area contributed by atoms with Crippen molar-refractivity contribution in [2.75, 3.05) is 13.2 Å². The molecule has 3 atom stereocenters. The van der Waals surface area contributed by atoms with E-state index < -0.39 is 11.2 Å². The third-order valence-corrected chi connectivity index (χ3v) is 7.05. The summed E-state index contributed by atoms with van der Waals surface area (Å²) < 4.78 is 12.3. The first-order valence-corrected chi connectivity index (χ1v) is 12.9. The first-order chi connectivity index (χ1) is 16.8. The first kappa shape index (κ1) is 25.5. The lowest BCUT2D eigenvalue weighted by Gasteiger charge is -2.45. The van der Waals surface area contributed by atoms with Crippen LogP contribution in [0.4, 0.5) is 4.79 Å². The van der Waals surface area contributed by atoms with Crippen molar-refractivity contribution in [2.45, 2.75) is 82.8 Å². The third-order valence-electron chi connectivity index (χ3n) is 7.05. The molecule has 2 aliphatic rings. The summed E-state index contributed by atoms with van der Waals surface area (Å²) in [6.45, 7) is 13.1. The standard InChI is InChI=1S/C30H40N2O3/c1-5-30(20-26-16-17-27(21-30)32(26)28(33)35-29(2,3)4)34-19-18-31(22-24-12-8-6-9-13-24)23-25-14-10-7-11-15-25/h5-15,26-27H,1,16-23H2,2-4H3/t26-,27+,30-. The molecular weight excluding hydrogens is 436 g/mol. The lowest BCUT2D eigenvalue weighted by atomic mass is 9.86. The van der Waals surface area contributed by atoms with Gasteiger partial charge in [-0.05, 0) is 44.7 Å². The fraction of sp³-hybridized carbons (Fsp3) is 0.500. The SMILES string of the molecule is C=C[C@@]1(OCCN(Cc2ccccc2)Cc2ccccc2)C[C@H]2CC[C@@H](C1)N2C(=O)OC(C)(C)C. The second-order valence-electron chi connectivity index (χ2n) is 11.0. The number of hydrogen-bond donors (Lipinski definition) is 0. The Bertz CT molecular complexity index is 915. The maximum atomic E-state index is 12.9. The Morgan fingerprint density at radius 1 is 1.00 bits per heavy atom. The average Bonchev–Trinajstić information content (AvgIpc) is 3.11. The van der Waals surface area contributed by atoms with Crippen molar-refractivity contribution in [1.82, 2.24) is 9.80 Å². The minimum Gasteiger partial charge on any atom is -0.444 e. The van der Waals surface area contributed by atoms with Gasteiger partial charge in [0.2, 0.25) is 0 Å². The second-order valence-corrected chi connectivity index (χ2v) is 11.0. The van der Waals surface area contributed by atoms with E-state index in [1.54, 1.807) is 0 Å². The molecule has 0 unspecified atom stereocenters. The molecule has 2 heterocycles. The van der Waals surface area contributed by atoms with Crippen LogP contribution in [0, 0.1) is 0 Å². The quantitative estimate of drug-likeness (QED) is 0.405. The summed E-state index contributed by atoms with van der Waals surface area (Å²) in [5.41, 5.74) is 1.72. The molecule has 0 N–H and O–H groups in total. The molecule has 1 amide bonds. The highest BCUT2D eigenvalue weighted by molar-refractivity contribution is 5.69. The minimum absolute atomic E-state index is 0.145. The van der Waals surface area contributed by atoms with Crippen LogP contribution in [0.25, 0.3) is 0 Å². The van der Waals surface area contributed by atoms with Crippen molar-refractivity contribution < 1.29 is 14.3 Å². The Labute approximate surface area is 210 Å². The number of nitrogens with zero attached hydrogens (tertiary/aromatic N) is 2. The zero-order chi connectivity index (χ0) is 24.9. The minimum atomic E-state index is -0.485. The van der Waals surface area contributed by atoms with Gasteiger partial charge < -0.3 is 14.4 Å². The van der Waals surface area contributed by atoms with Gasteiger partial charge in [0.15, 0.2) is 0 Å². The van der Waals surface area contributed by atoms with E-state index in [9.17, 15) is 4.79 Å². The largest absolute Gasteiger partial charge is 0.444 e. The van der Waals surface area contributed by atoms with E-state index in [1.807, 2.05) is 31.7 Å². The molecule has 5 nitrogen and oxygen atoms in total. The molecule has 2 aromatic carbocycles. The second kappa shape index (κ2) is 11.0. The van der Waals surface area contributed by atoms with E-state index in [-0.39, 0.29) is 18.2 Å². The number of hydrogen-bond acceptors (Lipinski definition) is 4. The molecule has 2 saturated heterocycles. The van der Waals surface area contributed by atoms with Gasteiger partial charge in [0.25, 0.3) is 0 Å². The zero-order valence-electron chi connectivity index (χ0n) is 21.5. The van der Waals surface area contributed by atoms with Gasteiger partial charge in [0, 0.05) is 44.6 Å². The summed E-state index contributed by atoms with van der Waals surface area (Å²) in [6.07, 6.45) is 5.34. The molecule has 2 aliphatic heterocycles. The maximum absolute atomic E-state index is 12.9. The number of carbonyl (C=O) groups is 1. The molecular formula is C30H40N2O3. The predicted molar refractivity (Wildman–Crippen MR) is 140 cm³/mol. The van der Waals surface area contributed by atoms with Crippen LogP contribution in [-0.2, 0) is 22.6 Å². The van der Waals surface area contributed by atoms with Gasteiger partial charge in [-0.3, -0.25) is 4.90 Å². The number of piperidine rings is 1. The highest BCUT2D eigenvalue weighted by atomic mass is 16.6. The molecule has 0 aliphatic carbocycles. The molecule has 2 bridgehead atoms. The lowest BCUT2D eigenvalue weighted by Crippen LogP contribution is -2.54. The van der Waals surface area contributed by atoms with Gasteiger partial charge in [-0.1, -0.05) is 66.7 Å². The average molecular weight is 477 g/mol. The molecule has 5 heteroatoms. The van der Waals surface area contributed by atoms with Crippen molar-refractivity contribution in [3.05, 3.63) is 84.4 Å². The summed E-state index contributed by atoms with van der Waals surface area (Å²) >= 11 is 0. The summed E-state index contributed by atoms with van der Waals surface area (Å²) in [6, 6.07) is 21.5. The Kier molecular flexibility index (Phi) is 7.98. The fourth-order valence-corrected chi connectivity index (χ4v) is 5.47. The highest BCUT2D eigenvalue weighted by Gasteiger charge is 2.50. The Morgan fingerprint density at radius 3 is 1.97 bits per heavy atom. The van der Waals surface area contributed by atoms with Gasteiger partial charge in [-0.2, -0.15) is 0 Å². The number of amides is 1. The normalized spacial score (nSPS) is 23.9. The van der Waals surface area contributed by atoms with E-state index in [1.165, 1.54) is 11.1 Å². The van der Waals surface area contributed by atoms with Crippen LogP contribution >= 0.6 is 0 Å². The molecule has 0 spiro atoms. The van der Waals surface area contributed by atoms with Gasteiger partial charge in [-0.15, -0.1) is 6.58 Å². The third kappa shape index (κ3) is 6.74. The van der Waals surface area contributed by atoms with Gasteiger partial charge in [-0.25, -0.2) is 4.79 Å². The van der Waals surface area contributed by atoms with Crippen molar-refractivity contribution in [2.24, 2.45) is 0 Å². The zero-order valence-corrected chi connectivity index (χ0v) is 21.5. The number of carbonyl (C=O) groups excluding carboxylic acids is 1. The van der Waals surface area contributed by atoms with Gasteiger partial charge >= 0.3 is 6.09 Å². The van der Waals surface area contributed by atoms with Crippen LogP contribution in [0.5, 0.6) is 0 Å². The summed E-state index contributed by atoms with van der Waals surface area (Å²) in [5.74, 6) is 0. The smallest absolute Gasteiger partial charge is 0.410 e. The fourth-order valence-electron chi connectivity index (χ4n) is 5.47. The Hall–Kier alpha value is -2.63. The van der Waals surface area contributed by atoms with Crippen molar-refractivity contribution >= 4 is 6.09 Å². The molecule has 0 saturated carbocycles. The molecule has 2 aromatic rings.